The van der Waals surface area contributed by atoms with E-state index in [-0.39, 0.29) is 6.01 Å². The molecule has 0 bridgehead atoms. The average Bonchev–Trinajstić information content (AvgIpc) is 2.89. The summed E-state index contributed by atoms with van der Waals surface area (Å²) in [5.41, 5.74) is 0.469. The third-order valence-corrected chi connectivity index (χ3v) is 2.85. The van der Waals surface area contributed by atoms with Gasteiger partial charge in [-0.15, -0.1) is 5.10 Å². The second-order valence-corrected chi connectivity index (χ2v) is 4.24. The molecule has 6 nitrogen and oxygen atoms in total. The normalized spacial score (nSPS) is 10.3. The van der Waals surface area contributed by atoms with E-state index in [9.17, 15) is 9.59 Å². The number of carbonyl (C=O) groups is 1. The summed E-state index contributed by atoms with van der Waals surface area (Å²) in [7, 11) is 0. The topological polar surface area (TPSA) is 77.0 Å². The molecule has 3 rings (SSSR count). The van der Waals surface area contributed by atoms with Gasteiger partial charge in [0.1, 0.15) is 0 Å². The van der Waals surface area contributed by atoms with E-state index in [4.69, 9.17) is 4.74 Å². The second kappa shape index (κ2) is 5.46. The van der Waals surface area contributed by atoms with Crippen LogP contribution in [0.15, 0.2) is 65.5 Å². The number of aromatic amines is 1. The van der Waals surface area contributed by atoms with Crippen LogP contribution in [0.1, 0.15) is 10.4 Å². The molecular weight excluding hydrogens is 270 g/mol. The zero-order valence-corrected chi connectivity index (χ0v) is 10.9. The van der Waals surface area contributed by atoms with Crippen LogP contribution in [0.2, 0.25) is 0 Å². The van der Waals surface area contributed by atoms with Gasteiger partial charge in [-0.1, -0.05) is 36.4 Å². The van der Waals surface area contributed by atoms with Crippen LogP contribution in [0.25, 0.3) is 5.69 Å². The third kappa shape index (κ3) is 2.59. The van der Waals surface area contributed by atoms with Crippen molar-refractivity contribution >= 4 is 5.97 Å². The quantitative estimate of drug-likeness (QED) is 0.742. The molecule has 1 heterocycles. The fourth-order valence-electron chi connectivity index (χ4n) is 1.87. The van der Waals surface area contributed by atoms with Crippen LogP contribution < -0.4 is 10.4 Å². The van der Waals surface area contributed by atoms with Crippen molar-refractivity contribution in [3.8, 4) is 11.7 Å². The monoisotopic (exact) mass is 281 g/mol. The van der Waals surface area contributed by atoms with E-state index in [0.29, 0.717) is 11.3 Å². The minimum Gasteiger partial charge on any atom is -0.387 e. The summed E-state index contributed by atoms with van der Waals surface area (Å²) >= 11 is 0. The van der Waals surface area contributed by atoms with Gasteiger partial charge in [0.25, 0.3) is 0 Å². The van der Waals surface area contributed by atoms with Crippen LogP contribution in [0.4, 0.5) is 0 Å². The number of esters is 1. The van der Waals surface area contributed by atoms with Crippen molar-refractivity contribution in [1.82, 2.24) is 14.8 Å². The smallest absolute Gasteiger partial charge is 0.350 e. The van der Waals surface area contributed by atoms with Gasteiger partial charge in [-0.25, -0.2) is 19.3 Å². The number of aromatic nitrogens is 3. The average molecular weight is 281 g/mol. The molecule has 104 valence electrons. The molecule has 0 unspecified atom stereocenters. The first kappa shape index (κ1) is 12.9. The lowest BCUT2D eigenvalue weighted by Crippen LogP contribution is -2.18. The lowest BCUT2D eigenvalue weighted by atomic mass is 10.2. The zero-order chi connectivity index (χ0) is 14.7. The van der Waals surface area contributed by atoms with Crippen molar-refractivity contribution < 1.29 is 9.53 Å². The molecule has 0 amide bonds. The molecular formula is C15H11N3O3. The van der Waals surface area contributed by atoms with Gasteiger partial charge in [0, 0.05) is 0 Å². The van der Waals surface area contributed by atoms with Crippen LogP contribution in [0.5, 0.6) is 6.01 Å². The fourth-order valence-corrected chi connectivity index (χ4v) is 1.87. The largest absolute Gasteiger partial charge is 0.387 e. The molecule has 0 saturated heterocycles. The second-order valence-electron chi connectivity index (χ2n) is 4.24. The Hall–Kier alpha value is -3.15. The number of hydrogen-bond donors (Lipinski definition) is 1. The standard InChI is InChI=1S/C15H11N3O3/c19-13(11-7-3-1-4-8-11)21-15-17-16-14(20)18(15)12-9-5-2-6-10-12/h1-10H,(H,16,20). The van der Waals surface area contributed by atoms with E-state index in [1.807, 2.05) is 6.07 Å². The Morgan fingerprint density at radius 1 is 1.00 bits per heavy atom. The van der Waals surface area contributed by atoms with Crippen molar-refractivity contribution in [2.75, 3.05) is 0 Å². The highest BCUT2D eigenvalue weighted by molar-refractivity contribution is 5.90. The Labute approximate surface area is 119 Å². The molecule has 0 spiro atoms. The fraction of sp³-hybridized carbons (Fsp3) is 0. The molecule has 0 atom stereocenters. The Morgan fingerprint density at radius 2 is 1.62 bits per heavy atom. The molecule has 2 aromatic carbocycles. The maximum Gasteiger partial charge on any atom is 0.350 e. The maximum absolute atomic E-state index is 12.0. The summed E-state index contributed by atoms with van der Waals surface area (Å²) in [6.07, 6.45) is 0. The maximum atomic E-state index is 12.0. The highest BCUT2D eigenvalue weighted by atomic mass is 16.6. The number of ether oxygens (including phenoxy) is 1. The Bertz CT molecular complexity index is 807. The number of nitrogens with one attached hydrogen (secondary N) is 1. The van der Waals surface area contributed by atoms with E-state index in [1.165, 1.54) is 4.57 Å². The summed E-state index contributed by atoms with van der Waals surface area (Å²) in [4.78, 5) is 23.8. The van der Waals surface area contributed by atoms with Crippen LogP contribution in [-0.4, -0.2) is 20.7 Å². The summed E-state index contributed by atoms with van der Waals surface area (Å²) < 4.78 is 6.38. The van der Waals surface area contributed by atoms with Gasteiger partial charge in [-0.3, -0.25) is 0 Å². The number of H-pyrrole nitrogens is 1. The number of benzene rings is 2. The molecule has 21 heavy (non-hydrogen) atoms. The van der Waals surface area contributed by atoms with Crippen LogP contribution in [0, 0.1) is 0 Å². The number of rotatable bonds is 3. The van der Waals surface area contributed by atoms with Crippen molar-refractivity contribution in [1.29, 1.82) is 0 Å². The number of carbonyl (C=O) groups excluding carboxylic acids is 1. The summed E-state index contributed by atoms with van der Waals surface area (Å²) in [6.45, 7) is 0. The Balaban J connectivity index is 1.95. The molecule has 3 aromatic rings. The van der Waals surface area contributed by atoms with Gasteiger partial charge in [0.15, 0.2) is 0 Å². The number of hydrogen-bond acceptors (Lipinski definition) is 4. The van der Waals surface area contributed by atoms with Crippen LogP contribution in [-0.2, 0) is 0 Å². The first-order valence-corrected chi connectivity index (χ1v) is 6.26. The summed E-state index contributed by atoms with van der Waals surface area (Å²) in [6, 6.07) is 17.2. The molecule has 1 aromatic heterocycles. The molecule has 0 aliphatic rings. The predicted octanol–water partition coefficient (Wildman–Crippen LogP) is 1.78. The highest BCUT2D eigenvalue weighted by Gasteiger charge is 2.16. The summed E-state index contributed by atoms with van der Waals surface area (Å²) in [5, 5.41) is 6.01. The third-order valence-electron chi connectivity index (χ3n) is 2.85. The van der Waals surface area contributed by atoms with E-state index in [1.54, 1.807) is 54.6 Å². The first-order valence-electron chi connectivity index (χ1n) is 6.26. The van der Waals surface area contributed by atoms with Crippen molar-refractivity contribution in [3.63, 3.8) is 0 Å². The van der Waals surface area contributed by atoms with Crippen LogP contribution in [0.3, 0.4) is 0 Å². The lowest BCUT2D eigenvalue weighted by Gasteiger charge is -2.05. The van der Waals surface area contributed by atoms with E-state index >= 15 is 0 Å². The number of para-hydroxylation sites is 1. The van der Waals surface area contributed by atoms with Crippen LogP contribution >= 0.6 is 0 Å². The van der Waals surface area contributed by atoms with Gasteiger partial charge in [-0.2, -0.15) is 0 Å². The lowest BCUT2D eigenvalue weighted by molar-refractivity contribution is 0.0716. The van der Waals surface area contributed by atoms with Crippen molar-refractivity contribution in [3.05, 3.63) is 76.7 Å². The zero-order valence-electron chi connectivity index (χ0n) is 10.9. The first-order chi connectivity index (χ1) is 10.3. The SMILES string of the molecule is O=C(Oc1n[nH]c(=O)n1-c1ccccc1)c1ccccc1. The minimum atomic E-state index is -0.577. The molecule has 0 aliphatic carbocycles. The minimum absolute atomic E-state index is 0.0972. The van der Waals surface area contributed by atoms with Gasteiger partial charge >= 0.3 is 17.7 Å². The van der Waals surface area contributed by atoms with Gasteiger partial charge in [0.05, 0.1) is 11.3 Å². The molecule has 1 N–H and O–H groups in total. The van der Waals surface area contributed by atoms with E-state index < -0.39 is 11.7 Å². The van der Waals surface area contributed by atoms with E-state index in [2.05, 4.69) is 10.2 Å². The molecule has 0 fully saturated rings. The molecule has 0 aliphatic heterocycles. The van der Waals surface area contributed by atoms with Gasteiger partial charge in [0.2, 0.25) is 0 Å². The van der Waals surface area contributed by atoms with E-state index in [0.717, 1.165) is 0 Å². The molecule has 6 heteroatoms. The van der Waals surface area contributed by atoms with Crippen molar-refractivity contribution in [2.45, 2.75) is 0 Å². The van der Waals surface area contributed by atoms with Gasteiger partial charge < -0.3 is 4.74 Å². The van der Waals surface area contributed by atoms with Crippen molar-refractivity contribution in [2.24, 2.45) is 0 Å². The predicted molar refractivity (Wildman–Crippen MR) is 75.6 cm³/mol. The molecule has 0 radical (unpaired) electrons. The number of nitrogens with zero attached hydrogens (tertiary/aromatic N) is 2. The van der Waals surface area contributed by atoms with Gasteiger partial charge in [-0.05, 0) is 24.3 Å². The summed E-state index contributed by atoms with van der Waals surface area (Å²) in [5.74, 6) is -0.577. The Morgan fingerprint density at radius 3 is 2.29 bits per heavy atom. The Kier molecular flexibility index (Phi) is 3.34. The molecule has 0 saturated carbocycles. The highest BCUT2D eigenvalue weighted by Crippen LogP contribution is 2.13.